The number of ether oxygens (including phenoxy) is 1. The van der Waals surface area contributed by atoms with Gasteiger partial charge in [-0.15, -0.1) is 0 Å². The SMILES string of the molecule is CCCCN(CC)CCOC(=O)CCCCC[C@@H]1CCSS1. The fraction of sp³-hybridized carbons (Fsp3) is 0.941. The largest absolute Gasteiger partial charge is 0.464 e. The second-order valence-corrected chi connectivity index (χ2v) is 8.72. The molecule has 1 atom stereocenters. The highest BCUT2D eigenvalue weighted by Gasteiger charge is 2.15. The summed E-state index contributed by atoms with van der Waals surface area (Å²) in [6.07, 6.45) is 9.11. The van der Waals surface area contributed by atoms with E-state index in [4.69, 9.17) is 4.74 Å². The third-order valence-corrected chi connectivity index (χ3v) is 7.09. The molecule has 1 fully saturated rings. The van der Waals surface area contributed by atoms with Crippen LogP contribution in [0.5, 0.6) is 0 Å². The van der Waals surface area contributed by atoms with E-state index < -0.39 is 0 Å². The predicted molar refractivity (Wildman–Crippen MR) is 99.5 cm³/mol. The zero-order valence-electron chi connectivity index (χ0n) is 14.3. The van der Waals surface area contributed by atoms with Crippen molar-refractivity contribution in [3.63, 3.8) is 0 Å². The molecule has 1 heterocycles. The number of unbranched alkanes of at least 4 members (excludes halogenated alkanes) is 3. The average Bonchev–Trinajstić information content (AvgIpc) is 3.03. The van der Waals surface area contributed by atoms with Crippen LogP contribution in [0.1, 0.15) is 65.2 Å². The number of carbonyl (C=O) groups excluding carboxylic acids is 1. The Morgan fingerprint density at radius 2 is 2.05 bits per heavy atom. The maximum atomic E-state index is 11.7. The molecular weight excluding hydrogens is 314 g/mol. The molecule has 0 saturated carbocycles. The van der Waals surface area contributed by atoms with Gasteiger partial charge < -0.3 is 9.64 Å². The van der Waals surface area contributed by atoms with E-state index in [2.05, 4.69) is 18.7 Å². The Bertz CT molecular complexity index is 284. The summed E-state index contributed by atoms with van der Waals surface area (Å²) < 4.78 is 5.35. The molecule has 1 aliphatic rings. The summed E-state index contributed by atoms with van der Waals surface area (Å²) in [6, 6.07) is 0. The van der Waals surface area contributed by atoms with Gasteiger partial charge in [0.25, 0.3) is 0 Å². The third-order valence-electron chi connectivity index (χ3n) is 4.08. The minimum absolute atomic E-state index is 0.0164. The fourth-order valence-corrected chi connectivity index (χ4v) is 5.58. The van der Waals surface area contributed by atoms with Gasteiger partial charge in [0.15, 0.2) is 0 Å². The lowest BCUT2D eigenvalue weighted by molar-refractivity contribution is -0.144. The second kappa shape index (κ2) is 13.6. The van der Waals surface area contributed by atoms with Crippen molar-refractivity contribution in [2.24, 2.45) is 0 Å². The molecule has 0 aromatic rings. The van der Waals surface area contributed by atoms with Crippen LogP contribution in [0.3, 0.4) is 0 Å². The Balaban J connectivity index is 1.91. The Hall–Kier alpha value is 0.130. The Kier molecular flexibility index (Phi) is 12.4. The molecule has 0 aromatic heterocycles. The number of esters is 1. The summed E-state index contributed by atoms with van der Waals surface area (Å²) >= 11 is 0. The minimum atomic E-state index is -0.0164. The smallest absolute Gasteiger partial charge is 0.305 e. The molecule has 0 radical (unpaired) electrons. The normalized spacial score (nSPS) is 18.0. The third kappa shape index (κ3) is 10.0. The second-order valence-electron chi connectivity index (χ2n) is 5.94. The molecule has 0 unspecified atom stereocenters. The first kappa shape index (κ1) is 20.2. The van der Waals surface area contributed by atoms with Crippen LogP contribution >= 0.6 is 21.6 Å². The molecule has 0 aliphatic carbocycles. The van der Waals surface area contributed by atoms with Gasteiger partial charge in [-0.1, -0.05) is 54.7 Å². The van der Waals surface area contributed by atoms with Crippen molar-refractivity contribution < 1.29 is 9.53 Å². The lowest BCUT2D eigenvalue weighted by atomic mass is 10.1. The standard InChI is InChI=1S/C17H33NO2S2/c1-3-5-12-18(4-2)13-14-20-17(19)10-8-6-7-9-16-11-15-21-22-16/h16H,3-15H2,1-2H3/t16-/m1/s1. The maximum absolute atomic E-state index is 11.7. The van der Waals surface area contributed by atoms with Crippen LogP contribution in [0.15, 0.2) is 0 Å². The van der Waals surface area contributed by atoms with E-state index in [0.717, 1.165) is 37.7 Å². The fourth-order valence-electron chi connectivity index (χ4n) is 2.55. The first-order valence-corrected chi connectivity index (χ1v) is 11.3. The molecule has 130 valence electrons. The first-order valence-electron chi connectivity index (χ1n) is 8.92. The number of rotatable bonds is 13. The molecule has 22 heavy (non-hydrogen) atoms. The van der Waals surface area contributed by atoms with Gasteiger partial charge in [0.05, 0.1) is 0 Å². The van der Waals surface area contributed by atoms with E-state index in [-0.39, 0.29) is 5.97 Å². The molecule has 1 saturated heterocycles. The molecule has 0 amide bonds. The van der Waals surface area contributed by atoms with E-state index >= 15 is 0 Å². The van der Waals surface area contributed by atoms with Gasteiger partial charge in [0, 0.05) is 24.0 Å². The summed E-state index contributed by atoms with van der Waals surface area (Å²) in [6.45, 7) is 7.94. The van der Waals surface area contributed by atoms with E-state index in [9.17, 15) is 4.79 Å². The van der Waals surface area contributed by atoms with Gasteiger partial charge in [0.2, 0.25) is 0 Å². The highest BCUT2D eigenvalue weighted by Crippen LogP contribution is 2.39. The van der Waals surface area contributed by atoms with Crippen molar-refractivity contribution in [2.45, 2.75) is 70.5 Å². The zero-order chi connectivity index (χ0) is 16.0. The van der Waals surface area contributed by atoms with Crippen LogP contribution in [0.2, 0.25) is 0 Å². The van der Waals surface area contributed by atoms with Gasteiger partial charge in [-0.3, -0.25) is 4.79 Å². The number of hydrogen-bond acceptors (Lipinski definition) is 5. The Morgan fingerprint density at radius 1 is 1.18 bits per heavy atom. The van der Waals surface area contributed by atoms with Crippen molar-refractivity contribution in [2.75, 3.05) is 32.0 Å². The summed E-state index contributed by atoms with van der Waals surface area (Å²) in [4.78, 5) is 14.1. The molecule has 0 spiro atoms. The van der Waals surface area contributed by atoms with E-state index in [1.165, 1.54) is 37.9 Å². The highest BCUT2D eigenvalue weighted by molar-refractivity contribution is 8.77. The first-order chi connectivity index (χ1) is 10.8. The molecule has 3 nitrogen and oxygen atoms in total. The lowest BCUT2D eigenvalue weighted by Crippen LogP contribution is -2.29. The zero-order valence-corrected chi connectivity index (χ0v) is 16.0. The monoisotopic (exact) mass is 347 g/mol. The van der Waals surface area contributed by atoms with Crippen LogP contribution in [-0.4, -0.2) is 48.1 Å². The van der Waals surface area contributed by atoms with Crippen LogP contribution in [0.25, 0.3) is 0 Å². The molecule has 1 aliphatic heterocycles. The van der Waals surface area contributed by atoms with Crippen molar-refractivity contribution in [1.82, 2.24) is 4.90 Å². The number of nitrogens with zero attached hydrogens (tertiary/aromatic N) is 1. The Labute approximate surface area is 144 Å². The molecule has 0 bridgehead atoms. The summed E-state index contributed by atoms with van der Waals surface area (Å²) in [5, 5.41) is 0.861. The van der Waals surface area contributed by atoms with E-state index in [0.29, 0.717) is 13.0 Å². The molecule has 0 N–H and O–H groups in total. The van der Waals surface area contributed by atoms with Crippen LogP contribution in [-0.2, 0) is 9.53 Å². The number of likely N-dealkylation sites (N-methyl/N-ethyl adjacent to an activating group) is 1. The molecule has 5 heteroatoms. The van der Waals surface area contributed by atoms with Gasteiger partial charge in [-0.05, 0) is 38.8 Å². The van der Waals surface area contributed by atoms with Crippen LogP contribution in [0.4, 0.5) is 0 Å². The van der Waals surface area contributed by atoms with Gasteiger partial charge in [-0.2, -0.15) is 0 Å². The number of carbonyl (C=O) groups is 1. The predicted octanol–water partition coefficient (Wildman–Crippen LogP) is 4.76. The highest BCUT2D eigenvalue weighted by atomic mass is 33.1. The van der Waals surface area contributed by atoms with Crippen molar-refractivity contribution in [3.8, 4) is 0 Å². The molecule has 1 rings (SSSR count). The topological polar surface area (TPSA) is 29.5 Å². The van der Waals surface area contributed by atoms with Gasteiger partial charge in [0.1, 0.15) is 6.61 Å². The van der Waals surface area contributed by atoms with E-state index in [1.807, 2.05) is 21.6 Å². The van der Waals surface area contributed by atoms with E-state index in [1.54, 1.807) is 0 Å². The molecule has 0 aromatic carbocycles. The average molecular weight is 348 g/mol. The van der Waals surface area contributed by atoms with Crippen molar-refractivity contribution in [1.29, 1.82) is 0 Å². The Morgan fingerprint density at radius 3 is 2.73 bits per heavy atom. The summed E-state index contributed by atoms with van der Waals surface area (Å²) in [5.41, 5.74) is 0. The van der Waals surface area contributed by atoms with Crippen molar-refractivity contribution >= 4 is 27.6 Å². The molecular formula is C17H33NO2S2. The summed E-state index contributed by atoms with van der Waals surface area (Å²) in [5.74, 6) is 1.30. The van der Waals surface area contributed by atoms with Crippen LogP contribution in [0, 0.1) is 0 Å². The quantitative estimate of drug-likeness (QED) is 0.272. The minimum Gasteiger partial charge on any atom is -0.464 e. The lowest BCUT2D eigenvalue weighted by Gasteiger charge is -2.19. The maximum Gasteiger partial charge on any atom is 0.305 e. The summed E-state index contributed by atoms with van der Waals surface area (Å²) in [7, 11) is 4.06. The van der Waals surface area contributed by atoms with Crippen LogP contribution < -0.4 is 0 Å². The van der Waals surface area contributed by atoms with Gasteiger partial charge >= 0.3 is 5.97 Å². The van der Waals surface area contributed by atoms with Crippen molar-refractivity contribution in [3.05, 3.63) is 0 Å². The number of hydrogen-bond donors (Lipinski definition) is 0. The van der Waals surface area contributed by atoms with Gasteiger partial charge in [-0.25, -0.2) is 0 Å².